The van der Waals surface area contributed by atoms with Crippen molar-refractivity contribution in [2.45, 2.75) is 45.1 Å². The number of alkyl halides is 2. The van der Waals surface area contributed by atoms with Gasteiger partial charge in [0.2, 0.25) is 5.91 Å². The van der Waals surface area contributed by atoms with Crippen molar-refractivity contribution in [3.05, 3.63) is 34.7 Å². The number of nitrogens with zero attached hydrogens (tertiary/aromatic N) is 2. The summed E-state index contributed by atoms with van der Waals surface area (Å²) in [5.74, 6) is -3.74. The van der Waals surface area contributed by atoms with Gasteiger partial charge in [-0.2, -0.15) is 0 Å². The summed E-state index contributed by atoms with van der Waals surface area (Å²) in [6.07, 6.45) is 4.86. The van der Waals surface area contributed by atoms with Crippen LogP contribution in [0.3, 0.4) is 0 Å². The molecule has 1 unspecified atom stereocenters. The van der Waals surface area contributed by atoms with E-state index in [-0.39, 0.29) is 13.0 Å². The van der Waals surface area contributed by atoms with Gasteiger partial charge in [0.05, 0.1) is 13.1 Å². The highest BCUT2D eigenvalue weighted by Gasteiger charge is 2.44. The Labute approximate surface area is 145 Å². The zero-order chi connectivity index (χ0) is 18.2. The third kappa shape index (κ3) is 3.70. The number of amides is 2. The third-order valence-corrected chi connectivity index (χ3v) is 4.71. The van der Waals surface area contributed by atoms with E-state index in [0.29, 0.717) is 5.56 Å². The number of aromatic nitrogens is 1. The van der Waals surface area contributed by atoms with Crippen LogP contribution in [0, 0.1) is 0 Å². The average molecular weight is 349 g/mol. The maximum absolute atomic E-state index is 13.4. The Kier molecular flexibility index (Phi) is 4.58. The van der Waals surface area contributed by atoms with Crippen LogP contribution in [0.1, 0.15) is 48.3 Å². The minimum absolute atomic E-state index is 0.293. The second-order valence-electron chi connectivity index (χ2n) is 6.82. The quantitative estimate of drug-likeness (QED) is 0.912. The van der Waals surface area contributed by atoms with Gasteiger partial charge < -0.3 is 10.2 Å². The molecule has 1 fully saturated rings. The highest BCUT2D eigenvalue weighted by atomic mass is 19.3. The lowest BCUT2D eigenvalue weighted by Gasteiger charge is -2.21. The Balaban J connectivity index is 1.67. The summed E-state index contributed by atoms with van der Waals surface area (Å²) in [5.41, 5.74) is 3.25. The van der Waals surface area contributed by atoms with Crippen molar-refractivity contribution >= 4 is 17.9 Å². The topological polar surface area (TPSA) is 62.3 Å². The molecule has 5 nitrogen and oxygen atoms in total. The molecule has 1 aliphatic heterocycles. The van der Waals surface area contributed by atoms with Gasteiger partial charge in [-0.15, -0.1) is 0 Å². The smallest absolute Gasteiger partial charge is 0.267 e. The number of rotatable bonds is 3. The molecule has 0 radical (unpaired) electrons. The van der Waals surface area contributed by atoms with Crippen molar-refractivity contribution in [2.75, 3.05) is 13.1 Å². The normalized spacial score (nSPS) is 21.5. The fourth-order valence-electron chi connectivity index (χ4n) is 3.41. The summed E-state index contributed by atoms with van der Waals surface area (Å²) in [6, 6.07) is 1.08. The first kappa shape index (κ1) is 17.5. The summed E-state index contributed by atoms with van der Waals surface area (Å²) in [6.45, 7) is 2.71. The third-order valence-electron chi connectivity index (χ3n) is 4.71. The molecule has 1 aromatic heterocycles. The van der Waals surface area contributed by atoms with Crippen LogP contribution in [0.15, 0.2) is 17.8 Å². The van der Waals surface area contributed by atoms with Crippen molar-refractivity contribution in [3.8, 4) is 0 Å². The molecule has 0 spiro atoms. The molecule has 2 amide bonds. The van der Waals surface area contributed by atoms with Gasteiger partial charge in [-0.25, -0.2) is 8.78 Å². The number of carbonyl (C=O) groups excluding carboxylic acids is 2. The molecule has 1 atom stereocenters. The number of fused-ring (bicyclic) bond motifs is 1. The van der Waals surface area contributed by atoms with Crippen LogP contribution in [0.25, 0.3) is 6.08 Å². The molecule has 2 aliphatic rings. The van der Waals surface area contributed by atoms with E-state index in [9.17, 15) is 18.4 Å². The van der Waals surface area contributed by atoms with E-state index < -0.39 is 30.3 Å². The largest absolute Gasteiger partial charge is 0.343 e. The maximum atomic E-state index is 13.4. The standard InChI is InChI=1S/C18H21F2N3O2/c1-11-3-4-15-14(7-11)13(5-6-21-15)17(25)22-9-16(24)23-10-18(19,20)8-12(23)2/h5-7,12H,3-4,8-10H2,1-2H3,(H,22,25). The van der Waals surface area contributed by atoms with Crippen LogP contribution in [0.2, 0.25) is 0 Å². The van der Waals surface area contributed by atoms with Crippen LogP contribution in [-0.2, 0) is 11.2 Å². The fraction of sp³-hybridized carbons (Fsp3) is 0.500. The highest BCUT2D eigenvalue weighted by Crippen LogP contribution is 2.31. The number of hydrogen-bond donors (Lipinski definition) is 1. The number of likely N-dealkylation sites (tertiary alicyclic amines) is 1. The first-order valence-electron chi connectivity index (χ1n) is 8.37. The molecule has 1 N–H and O–H groups in total. The first-order valence-corrected chi connectivity index (χ1v) is 8.37. The Bertz CT molecular complexity index is 746. The molecule has 1 aromatic rings. The van der Waals surface area contributed by atoms with Gasteiger partial charge in [-0.1, -0.05) is 11.6 Å². The van der Waals surface area contributed by atoms with E-state index in [1.165, 1.54) is 5.57 Å². The molecule has 0 saturated carbocycles. The molecule has 25 heavy (non-hydrogen) atoms. The van der Waals surface area contributed by atoms with E-state index in [0.717, 1.165) is 29.0 Å². The lowest BCUT2D eigenvalue weighted by molar-refractivity contribution is -0.131. The lowest BCUT2D eigenvalue weighted by Crippen LogP contribution is -2.42. The lowest BCUT2D eigenvalue weighted by atomic mass is 9.93. The molecule has 0 aromatic carbocycles. The number of nitrogens with one attached hydrogen (secondary N) is 1. The summed E-state index contributed by atoms with van der Waals surface area (Å²) >= 11 is 0. The van der Waals surface area contributed by atoms with Gasteiger partial charge >= 0.3 is 0 Å². The average Bonchev–Trinajstić information content (AvgIpc) is 2.84. The van der Waals surface area contributed by atoms with Gasteiger partial charge in [-0.3, -0.25) is 14.6 Å². The zero-order valence-electron chi connectivity index (χ0n) is 14.3. The van der Waals surface area contributed by atoms with Crippen molar-refractivity contribution in [1.82, 2.24) is 15.2 Å². The maximum Gasteiger partial charge on any atom is 0.267 e. The van der Waals surface area contributed by atoms with Gasteiger partial charge in [-0.05, 0) is 32.8 Å². The minimum Gasteiger partial charge on any atom is -0.343 e. The van der Waals surface area contributed by atoms with Crippen LogP contribution in [0.4, 0.5) is 8.78 Å². The number of aryl methyl sites for hydroxylation is 1. The van der Waals surface area contributed by atoms with Crippen LogP contribution >= 0.6 is 0 Å². The number of hydrogen-bond acceptors (Lipinski definition) is 3. The van der Waals surface area contributed by atoms with Gasteiger partial charge in [0.1, 0.15) is 0 Å². The fourth-order valence-corrected chi connectivity index (χ4v) is 3.41. The number of pyridine rings is 1. The number of allylic oxidation sites excluding steroid dienone is 1. The summed E-state index contributed by atoms with van der Waals surface area (Å²) in [5, 5.41) is 2.56. The van der Waals surface area contributed by atoms with E-state index in [4.69, 9.17) is 0 Å². The van der Waals surface area contributed by atoms with Gasteiger partial charge in [0, 0.05) is 35.5 Å². The molecule has 2 heterocycles. The van der Waals surface area contributed by atoms with Gasteiger partial charge in [0.25, 0.3) is 11.8 Å². The molecular formula is C18H21F2N3O2. The summed E-state index contributed by atoms with van der Waals surface area (Å²) in [4.78, 5) is 30.1. The Morgan fingerprint density at radius 2 is 2.16 bits per heavy atom. The summed E-state index contributed by atoms with van der Waals surface area (Å²) < 4.78 is 26.8. The minimum atomic E-state index is -2.86. The number of carbonyl (C=O) groups is 2. The molecular weight excluding hydrogens is 328 g/mol. The monoisotopic (exact) mass is 349 g/mol. The SMILES string of the molecule is CC1=Cc2c(C(=O)NCC(=O)N3CC(F)(F)CC3C)ccnc2CC1. The van der Waals surface area contributed by atoms with Gasteiger partial charge in [0.15, 0.2) is 0 Å². The van der Waals surface area contributed by atoms with E-state index >= 15 is 0 Å². The molecule has 0 bridgehead atoms. The van der Waals surface area contributed by atoms with E-state index in [2.05, 4.69) is 10.3 Å². The van der Waals surface area contributed by atoms with Crippen molar-refractivity contribution in [3.63, 3.8) is 0 Å². The number of halogens is 2. The predicted octanol–water partition coefficient (Wildman–Crippen LogP) is 2.42. The first-order chi connectivity index (χ1) is 11.8. The Morgan fingerprint density at radius 1 is 1.40 bits per heavy atom. The summed E-state index contributed by atoms with van der Waals surface area (Å²) in [7, 11) is 0. The van der Waals surface area contributed by atoms with Crippen LogP contribution < -0.4 is 5.32 Å². The van der Waals surface area contributed by atoms with Crippen LogP contribution in [-0.4, -0.2) is 46.8 Å². The van der Waals surface area contributed by atoms with E-state index in [1.54, 1.807) is 19.2 Å². The Morgan fingerprint density at radius 3 is 2.84 bits per heavy atom. The molecule has 3 rings (SSSR count). The molecule has 7 heteroatoms. The van der Waals surface area contributed by atoms with Crippen molar-refractivity contribution in [1.29, 1.82) is 0 Å². The van der Waals surface area contributed by atoms with E-state index in [1.807, 2.05) is 13.0 Å². The predicted molar refractivity (Wildman–Crippen MR) is 89.3 cm³/mol. The zero-order valence-corrected chi connectivity index (χ0v) is 14.3. The van der Waals surface area contributed by atoms with Crippen molar-refractivity contribution < 1.29 is 18.4 Å². The highest BCUT2D eigenvalue weighted by molar-refractivity contribution is 6.00. The van der Waals surface area contributed by atoms with Crippen molar-refractivity contribution in [2.24, 2.45) is 0 Å². The molecule has 1 aliphatic carbocycles. The Hall–Kier alpha value is -2.31. The van der Waals surface area contributed by atoms with Crippen LogP contribution in [0.5, 0.6) is 0 Å². The molecule has 1 saturated heterocycles. The second kappa shape index (κ2) is 6.54. The molecule has 134 valence electrons. The second-order valence-corrected chi connectivity index (χ2v) is 6.82.